The molecular formula is C25H26Cl2N2O3S. The first kappa shape index (κ1) is 25.1. The summed E-state index contributed by atoms with van der Waals surface area (Å²) in [4.78, 5) is 13.0. The summed E-state index contributed by atoms with van der Waals surface area (Å²) in [5.74, 6) is -0.464. The first-order valence-corrected chi connectivity index (χ1v) is 12.7. The van der Waals surface area contributed by atoms with Crippen molar-refractivity contribution < 1.29 is 13.2 Å². The molecule has 1 N–H and O–H groups in total. The lowest BCUT2D eigenvalue weighted by Crippen LogP contribution is -2.41. The molecule has 8 heteroatoms. The Bertz CT molecular complexity index is 1230. The summed E-state index contributed by atoms with van der Waals surface area (Å²) < 4.78 is 28.0. The van der Waals surface area contributed by atoms with Gasteiger partial charge in [0.05, 0.1) is 21.6 Å². The largest absolute Gasteiger partial charge is 0.348 e. The van der Waals surface area contributed by atoms with Crippen LogP contribution in [-0.2, 0) is 21.2 Å². The van der Waals surface area contributed by atoms with Crippen molar-refractivity contribution in [1.82, 2.24) is 5.32 Å². The van der Waals surface area contributed by atoms with E-state index in [1.54, 1.807) is 18.2 Å². The van der Waals surface area contributed by atoms with Crippen LogP contribution in [0.15, 0.2) is 71.6 Å². The summed E-state index contributed by atoms with van der Waals surface area (Å²) >= 11 is 12.4. The number of aryl methyl sites for hydroxylation is 2. The van der Waals surface area contributed by atoms with E-state index in [1.807, 2.05) is 38.1 Å². The molecule has 0 fully saturated rings. The van der Waals surface area contributed by atoms with Crippen molar-refractivity contribution in [3.05, 3.63) is 93.5 Å². The average Bonchev–Trinajstić information content (AvgIpc) is 2.79. The Labute approximate surface area is 205 Å². The van der Waals surface area contributed by atoms with E-state index in [4.69, 9.17) is 23.2 Å². The lowest BCUT2D eigenvalue weighted by Gasteiger charge is -2.26. The number of carbonyl (C=O) groups excluding carboxylic acids is 1. The van der Waals surface area contributed by atoms with Gasteiger partial charge in [-0.1, -0.05) is 72.1 Å². The number of amides is 1. The third-order valence-electron chi connectivity index (χ3n) is 5.34. The summed E-state index contributed by atoms with van der Waals surface area (Å²) in [6.45, 7) is 5.34. The average molecular weight is 505 g/mol. The van der Waals surface area contributed by atoms with E-state index in [0.717, 1.165) is 21.9 Å². The van der Waals surface area contributed by atoms with Crippen molar-refractivity contribution in [1.29, 1.82) is 0 Å². The second kappa shape index (κ2) is 10.6. The van der Waals surface area contributed by atoms with Gasteiger partial charge in [0.1, 0.15) is 6.54 Å². The number of sulfonamides is 1. The first-order valence-electron chi connectivity index (χ1n) is 10.5. The van der Waals surface area contributed by atoms with Crippen molar-refractivity contribution in [2.45, 2.75) is 38.1 Å². The molecule has 1 unspecified atom stereocenters. The molecule has 0 heterocycles. The van der Waals surface area contributed by atoms with E-state index in [2.05, 4.69) is 12.2 Å². The van der Waals surface area contributed by atoms with E-state index in [-0.39, 0.29) is 21.6 Å². The van der Waals surface area contributed by atoms with Gasteiger partial charge < -0.3 is 5.32 Å². The molecule has 0 saturated carbocycles. The highest BCUT2D eigenvalue weighted by Crippen LogP contribution is 2.33. The summed E-state index contributed by atoms with van der Waals surface area (Å²) in [5, 5.41) is 3.36. The quantitative estimate of drug-likeness (QED) is 0.412. The van der Waals surface area contributed by atoms with E-state index >= 15 is 0 Å². The molecule has 0 bridgehead atoms. The molecule has 3 aromatic rings. The standard InChI is InChI=1S/C25H26Cl2N2O3S/c1-4-19-7-9-20(10-8-19)18(3)28-25(30)16-29(24-15-21(26)11-14-23(24)27)33(31,32)22-12-5-17(2)6-13-22/h5-15,18H,4,16H2,1-3H3,(H,28,30). The molecule has 0 radical (unpaired) electrons. The second-order valence-electron chi connectivity index (χ2n) is 7.80. The van der Waals surface area contributed by atoms with Crippen LogP contribution in [-0.4, -0.2) is 20.9 Å². The van der Waals surface area contributed by atoms with Gasteiger partial charge in [0, 0.05) is 5.02 Å². The fourth-order valence-electron chi connectivity index (χ4n) is 3.36. The molecule has 0 aromatic heterocycles. The fourth-order valence-corrected chi connectivity index (χ4v) is 5.22. The second-order valence-corrected chi connectivity index (χ2v) is 10.5. The molecule has 0 saturated heterocycles. The maximum atomic E-state index is 13.5. The van der Waals surface area contributed by atoms with Crippen LogP contribution in [0.3, 0.4) is 0 Å². The highest BCUT2D eigenvalue weighted by atomic mass is 35.5. The minimum Gasteiger partial charge on any atom is -0.348 e. The smallest absolute Gasteiger partial charge is 0.264 e. The van der Waals surface area contributed by atoms with Crippen LogP contribution in [0.1, 0.15) is 36.6 Å². The number of nitrogens with one attached hydrogen (secondary N) is 1. The van der Waals surface area contributed by atoms with Crippen LogP contribution in [0.25, 0.3) is 0 Å². The van der Waals surface area contributed by atoms with E-state index in [1.165, 1.54) is 29.8 Å². The molecule has 174 valence electrons. The first-order chi connectivity index (χ1) is 15.6. The van der Waals surface area contributed by atoms with Gasteiger partial charge in [0.15, 0.2) is 0 Å². The highest BCUT2D eigenvalue weighted by Gasteiger charge is 2.29. The van der Waals surface area contributed by atoms with Gasteiger partial charge in [-0.25, -0.2) is 8.42 Å². The van der Waals surface area contributed by atoms with Crippen LogP contribution >= 0.6 is 23.2 Å². The van der Waals surface area contributed by atoms with Gasteiger partial charge >= 0.3 is 0 Å². The number of nitrogens with zero attached hydrogens (tertiary/aromatic N) is 1. The van der Waals surface area contributed by atoms with Gasteiger partial charge in [-0.3, -0.25) is 9.10 Å². The summed E-state index contributed by atoms with van der Waals surface area (Å²) in [5.41, 5.74) is 3.18. The maximum Gasteiger partial charge on any atom is 0.264 e. The Balaban J connectivity index is 1.91. The predicted octanol–water partition coefficient (Wildman–Crippen LogP) is 5.94. The highest BCUT2D eigenvalue weighted by molar-refractivity contribution is 7.92. The van der Waals surface area contributed by atoms with Crippen LogP contribution in [0, 0.1) is 6.92 Å². The monoisotopic (exact) mass is 504 g/mol. The molecule has 1 atom stereocenters. The number of anilines is 1. The maximum absolute atomic E-state index is 13.5. The molecule has 5 nitrogen and oxygen atoms in total. The number of halogens is 2. The van der Waals surface area contributed by atoms with E-state index in [9.17, 15) is 13.2 Å². The van der Waals surface area contributed by atoms with Gasteiger partial charge in [0.25, 0.3) is 10.0 Å². The normalized spacial score (nSPS) is 12.3. The Kier molecular flexibility index (Phi) is 8.05. The predicted molar refractivity (Wildman–Crippen MR) is 135 cm³/mol. The molecular weight excluding hydrogens is 479 g/mol. The summed E-state index contributed by atoms with van der Waals surface area (Å²) in [6.07, 6.45) is 0.924. The molecule has 33 heavy (non-hydrogen) atoms. The van der Waals surface area contributed by atoms with Crippen molar-refractivity contribution in [3.8, 4) is 0 Å². The molecule has 1 amide bonds. The van der Waals surface area contributed by atoms with Gasteiger partial charge in [-0.15, -0.1) is 0 Å². The zero-order valence-electron chi connectivity index (χ0n) is 18.7. The zero-order valence-corrected chi connectivity index (χ0v) is 21.0. The van der Waals surface area contributed by atoms with Crippen molar-refractivity contribution in [2.24, 2.45) is 0 Å². The van der Waals surface area contributed by atoms with Crippen LogP contribution in [0.4, 0.5) is 5.69 Å². The van der Waals surface area contributed by atoms with Gasteiger partial charge in [-0.05, 0) is 61.7 Å². The summed E-state index contributed by atoms with van der Waals surface area (Å²) in [6, 6.07) is 18.6. The zero-order chi connectivity index (χ0) is 24.2. The minimum absolute atomic E-state index is 0.0557. The molecule has 0 aliphatic carbocycles. The third-order valence-corrected chi connectivity index (χ3v) is 7.67. The molecule has 3 aromatic carbocycles. The lowest BCUT2D eigenvalue weighted by molar-refractivity contribution is -0.120. The number of rotatable bonds is 8. The van der Waals surface area contributed by atoms with Crippen LogP contribution in [0.2, 0.25) is 10.0 Å². The lowest BCUT2D eigenvalue weighted by atomic mass is 10.1. The van der Waals surface area contributed by atoms with Crippen molar-refractivity contribution in [3.63, 3.8) is 0 Å². The number of benzene rings is 3. The van der Waals surface area contributed by atoms with E-state index in [0.29, 0.717) is 5.02 Å². The minimum atomic E-state index is -4.09. The Hall–Kier alpha value is -2.54. The Morgan fingerprint density at radius 3 is 2.24 bits per heavy atom. The number of carbonyl (C=O) groups is 1. The van der Waals surface area contributed by atoms with E-state index < -0.39 is 22.5 Å². The molecule has 0 aliphatic heterocycles. The third kappa shape index (κ3) is 6.08. The number of hydrogen-bond acceptors (Lipinski definition) is 3. The Morgan fingerprint density at radius 1 is 1.00 bits per heavy atom. The topological polar surface area (TPSA) is 66.5 Å². The number of hydrogen-bond donors (Lipinski definition) is 1. The molecule has 0 aliphatic rings. The Morgan fingerprint density at radius 2 is 1.64 bits per heavy atom. The van der Waals surface area contributed by atoms with Gasteiger partial charge in [-0.2, -0.15) is 0 Å². The summed E-state index contributed by atoms with van der Waals surface area (Å²) in [7, 11) is -4.09. The fraction of sp³-hybridized carbons (Fsp3) is 0.240. The van der Waals surface area contributed by atoms with Gasteiger partial charge in [0.2, 0.25) is 5.91 Å². The van der Waals surface area contributed by atoms with Crippen LogP contribution in [0.5, 0.6) is 0 Å². The molecule has 3 rings (SSSR count). The molecule has 0 spiro atoms. The van der Waals surface area contributed by atoms with Crippen LogP contribution < -0.4 is 9.62 Å². The van der Waals surface area contributed by atoms with Crippen molar-refractivity contribution in [2.75, 3.05) is 10.8 Å². The SMILES string of the molecule is CCc1ccc(C(C)NC(=O)CN(c2cc(Cl)ccc2Cl)S(=O)(=O)c2ccc(C)cc2)cc1. The van der Waals surface area contributed by atoms with Crippen molar-refractivity contribution >= 4 is 44.8 Å².